The van der Waals surface area contributed by atoms with E-state index in [-0.39, 0.29) is 0 Å². The van der Waals surface area contributed by atoms with Crippen LogP contribution in [0.5, 0.6) is 5.75 Å². The van der Waals surface area contributed by atoms with Gasteiger partial charge in [-0.3, -0.25) is 0 Å². The molecular weight excluding hydrogens is 358 g/mol. The molecule has 4 nitrogen and oxygen atoms in total. The molecule has 1 heterocycles. The molecular formula is C19H16ClNO3S. The molecule has 0 radical (unpaired) electrons. The van der Waals surface area contributed by atoms with E-state index >= 15 is 0 Å². The number of methoxy groups -OCH3 is 1. The fourth-order valence-corrected chi connectivity index (χ4v) is 3.68. The molecule has 3 rings (SSSR count). The summed E-state index contributed by atoms with van der Waals surface area (Å²) in [4.78, 5) is 15.3. The fourth-order valence-electron chi connectivity index (χ4n) is 2.42. The maximum absolute atomic E-state index is 10.9. The van der Waals surface area contributed by atoms with Gasteiger partial charge in [0.15, 0.2) is 0 Å². The molecule has 3 aromatic rings. The molecule has 0 aliphatic carbocycles. The highest BCUT2D eigenvalue weighted by Gasteiger charge is 2.07. The van der Waals surface area contributed by atoms with Crippen LogP contribution in [0.1, 0.15) is 21.5 Å². The van der Waals surface area contributed by atoms with Crippen molar-refractivity contribution in [3.05, 3.63) is 70.4 Å². The number of nitrogens with zero attached hydrogens (tertiary/aromatic N) is 1. The van der Waals surface area contributed by atoms with Gasteiger partial charge in [0.25, 0.3) is 0 Å². The van der Waals surface area contributed by atoms with Gasteiger partial charge in [-0.15, -0.1) is 0 Å². The maximum Gasteiger partial charge on any atom is 0.335 e. The molecule has 25 heavy (non-hydrogen) atoms. The van der Waals surface area contributed by atoms with Gasteiger partial charge in [-0.2, -0.15) is 11.8 Å². The number of ether oxygens (including phenoxy) is 1. The second-order valence-electron chi connectivity index (χ2n) is 5.49. The molecule has 0 atom stereocenters. The Hall–Kier alpha value is -2.24. The fraction of sp³-hybridized carbons (Fsp3) is 0.158. The number of fused-ring (bicyclic) bond motifs is 1. The Kier molecular flexibility index (Phi) is 5.46. The summed E-state index contributed by atoms with van der Waals surface area (Å²) in [5.41, 5.74) is 3.16. The van der Waals surface area contributed by atoms with Crippen molar-refractivity contribution in [3.8, 4) is 5.75 Å². The minimum atomic E-state index is -0.912. The Morgan fingerprint density at radius 3 is 2.60 bits per heavy atom. The summed E-state index contributed by atoms with van der Waals surface area (Å²) in [7, 11) is 1.62. The van der Waals surface area contributed by atoms with Crippen molar-refractivity contribution >= 4 is 40.2 Å². The standard InChI is InChI=1S/C19H16ClNO3S/c1-24-16-7-6-14-8-15(18(20)21-17(14)9-16)11-25-10-12-2-4-13(5-3-12)19(22)23/h2-9H,10-11H2,1H3,(H,22,23). The molecule has 0 bridgehead atoms. The van der Waals surface area contributed by atoms with Crippen molar-refractivity contribution in [3.63, 3.8) is 0 Å². The lowest BCUT2D eigenvalue weighted by atomic mass is 10.1. The van der Waals surface area contributed by atoms with Crippen molar-refractivity contribution in [2.24, 2.45) is 0 Å². The summed E-state index contributed by atoms with van der Waals surface area (Å²) in [6.45, 7) is 0. The van der Waals surface area contributed by atoms with Crippen LogP contribution in [0.2, 0.25) is 5.15 Å². The van der Waals surface area contributed by atoms with E-state index in [1.54, 1.807) is 31.0 Å². The first-order chi connectivity index (χ1) is 12.1. The highest BCUT2D eigenvalue weighted by Crippen LogP contribution is 2.27. The summed E-state index contributed by atoms with van der Waals surface area (Å²) in [5, 5.41) is 10.4. The summed E-state index contributed by atoms with van der Waals surface area (Å²) in [6, 6.07) is 14.7. The number of hydrogen-bond acceptors (Lipinski definition) is 4. The molecule has 6 heteroatoms. The predicted molar refractivity (Wildman–Crippen MR) is 102 cm³/mol. The Morgan fingerprint density at radius 2 is 1.92 bits per heavy atom. The SMILES string of the molecule is COc1ccc2cc(CSCc3ccc(C(=O)O)cc3)c(Cl)nc2c1. The van der Waals surface area contributed by atoms with Crippen LogP contribution < -0.4 is 4.74 Å². The third-order valence-electron chi connectivity index (χ3n) is 3.78. The van der Waals surface area contributed by atoms with Gasteiger partial charge >= 0.3 is 5.97 Å². The van der Waals surface area contributed by atoms with Crippen molar-refractivity contribution < 1.29 is 14.6 Å². The molecule has 0 spiro atoms. The quantitative estimate of drug-likeness (QED) is 0.614. The van der Waals surface area contributed by atoms with Crippen molar-refractivity contribution in [2.75, 3.05) is 7.11 Å². The molecule has 0 aliphatic rings. The first-order valence-electron chi connectivity index (χ1n) is 7.60. The van der Waals surface area contributed by atoms with Gasteiger partial charge in [0.1, 0.15) is 10.9 Å². The summed E-state index contributed by atoms with van der Waals surface area (Å²) in [5.74, 6) is 1.35. The average molecular weight is 374 g/mol. The Bertz CT molecular complexity index is 912. The lowest BCUT2D eigenvalue weighted by molar-refractivity contribution is 0.0697. The summed E-state index contributed by atoms with van der Waals surface area (Å²) < 4.78 is 5.21. The van der Waals surface area contributed by atoms with Gasteiger partial charge < -0.3 is 9.84 Å². The number of carboxylic acids is 1. The van der Waals surface area contributed by atoms with Crippen LogP contribution in [0.15, 0.2) is 48.5 Å². The van der Waals surface area contributed by atoms with Crippen LogP contribution in [0, 0.1) is 0 Å². The topological polar surface area (TPSA) is 59.4 Å². The average Bonchev–Trinajstić information content (AvgIpc) is 2.62. The molecule has 1 aromatic heterocycles. The molecule has 0 amide bonds. The molecule has 1 N–H and O–H groups in total. The minimum Gasteiger partial charge on any atom is -0.497 e. The predicted octanol–water partition coefficient (Wildman–Crippen LogP) is 5.03. The zero-order chi connectivity index (χ0) is 17.8. The van der Waals surface area contributed by atoms with E-state index in [9.17, 15) is 4.79 Å². The largest absolute Gasteiger partial charge is 0.497 e. The highest BCUT2D eigenvalue weighted by molar-refractivity contribution is 7.97. The van der Waals surface area contributed by atoms with Gasteiger partial charge in [-0.05, 0) is 35.9 Å². The van der Waals surface area contributed by atoms with Gasteiger partial charge in [0, 0.05) is 28.5 Å². The zero-order valence-electron chi connectivity index (χ0n) is 13.5. The van der Waals surface area contributed by atoms with Crippen LogP contribution in [0.4, 0.5) is 0 Å². The minimum absolute atomic E-state index is 0.297. The van der Waals surface area contributed by atoms with Crippen LogP contribution >= 0.6 is 23.4 Å². The number of halogens is 1. The molecule has 0 aliphatic heterocycles. The van der Waals surface area contributed by atoms with E-state index < -0.39 is 5.97 Å². The number of rotatable bonds is 6. The number of hydrogen-bond donors (Lipinski definition) is 1. The smallest absolute Gasteiger partial charge is 0.335 e. The van der Waals surface area contributed by atoms with Crippen LogP contribution in [0.3, 0.4) is 0 Å². The monoisotopic (exact) mass is 373 g/mol. The third-order valence-corrected chi connectivity index (χ3v) is 5.16. The normalized spacial score (nSPS) is 10.8. The van der Waals surface area contributed by atoms with E-state index in [4.69, 9.17) is 21.4 Å². The maximum atomic E-state index is 10.9. The van der Waals surface area contributed by atoms with Crippen LogP contribution in [0.25, 0.3) is 10.9 Å². The second kappa shape index (κ2) is 7.76. The molecule has 0 saturated carbocycles. The lowest BCUT2D eigenvalue weighted by Gasteiger charge is -2.08. The van der Waals surface area contributed by atoms with E-state index in [0.29, 0.717) is 10.7 Å². The second-order valence-corrected chi connectivity index (χ2v) is 6.84. The van der Waals surface area contributed by atoms with Gasteiger partial charge in [0.2, 0.25) is 0 Å². The van der Waals surface area contributed by atoms with Gasteiger partial charge in [-0.1, -0.05) is 23.7 Å². The molecule has 0 unspecified atom stereocenters. The first kappa shape index (κ1) is 17.6. The molecule has 0 saturated heterocycles. The van der Waals surface area contributed by atoms with Crippen LogP contribution in [-0.4, -0.2) is 23.2 Å². The van der Waals surface area contributed by atoms with Gasteiger partial charge in [-0.25, -0.2) is 9.78 Å². The Balaban J connectivity index is 1.68. The number of pyridine rings is 1. The molecule has 128 valence electrons. The number of carbonyl (C=O) groups is 1. The summed E-state index contributed by atoms with van der Waals surface area (Å²) in [6.07, 6.45) is 0. The van der Waals surface area contributed by atoms with Crippen molar-refractivity contribution in [2.45, 2.75) is 11.5 Å². The van der Waals surface area contributed by atoms with Crippen molar-refractivity contribution in [1.29, 1.82) is 0 Å². The Morgan fingerprint density at radius 1 is 1.16 bits per heavy atom. The lowest BCUT2D eigenvalue weighted by Crippen LogP contribution is -1.95. The third kappa shape index (κ3) is 4.24. The number of thioether (sulfide) groups is 1. The highest BCUT2D eigenvalue weighted by atomic mass is 35.5. The number of benzene rings is 2. The number of carboxylic acid groups (broad SMARTS) is 1. The van der Waals surface area contributed by atoms with Crippen molar-refractivity contribution in [1.82, 2.24) is 4.98 Å². The van der Waals surface area contributed by atoms with Crippen LogP contribution in [-0.2, 0) is 11.5 Å². The molecule has 2 aromatic carbocycles. The first-order valence-corrected chi connectivity index (χ1v) is 9.13. The van der Waals surface area contributed by atoms with E-state index in [1.165, 1.54) is 0 Å². The summed E-state index contributed by atoms with van der Waals surface area (Å²) >= 11 is 8.01. The zero-order valence-corrected chi connectivity index (χ0v) is 15.1. The number of aromatic carboxylic acids is 1. The van der Waals surface area contributed by atoms with E-state index in [1.807, 2.05) is 36.4 Å². The van der Waals surface area contributed by atoms with E-state index in [0.717, 1.165) is 39.3 Å². The van der Waals surface area contributed by atoms with Gasteiger partial charge in [0.05, 0.1) is 18.2 Å². The number of aromatic nitrogens is 1. The van der Waals surface area contributed by atoms with E-state index in [2.05, 4.69) is 4.98 Å². The Labute approximate surface area is 154 Å². The molecule has 0 fully saturated rings.